The summed E-state index contributed by atoms with van der Waals surface area (Å²) in [4.78, 5) is 0. The van der Waals surface area contributed by atoms with Crippen LogP contribution in [-0.4, -0.2) is 19.5 Å². The van der Waals surface area contributed by atoms with E-state index in [0.717, 1.165) is 17.1 Å². The zero-order valence-corrected chi connectivity index (χ0v) is 9.60. The van der Waals surface area contributed by atoms with Gasteiger partial charge < -0.3 is 19.9 Å². The second kappa shape index (κ2) is 4.72. The molecule has 0 aliphatic carbocycles. The number of fused-ring (bicyclic) bond motifs is 1. The first-order chi connectivity index (χ1) is 7.66. The predicted molar refractivity (Wildman–Crippen MR) is 60.6 cm³/mol. The van der Waals surface area contributed by atoms with Gasteiger partial charge in [-0.2, -0.15) is 0 Å². The normalized spacial score (nSPS) is 15.5. The molecular formula is C12H17NO3. The second-order valence-electron chi connectivity index (χ2n) is 4.10. The van der Waals surface area contributed by atoms with Crippen molar-refractivity contribution in [2.45, 2.75) is 26.0 Å². The van der Waals surface area contributed by atoms with Gasteiger partial charge in [-0.3, -0.25) is 0 Å². The standard InChI is InChI=1S/C12H17NO3/c1-8(2)14-6-10(13)9-3-4-11-12(5-9)16-7-15-11/h3-5,8,10H,6-7,13H2,1-2H3. The molecule has 0 spiro atoms. The summed E-state index contributed by atoms with van der Waals surface area (Å²) >= 11 is 0. The molecule has 1 aliphatic heterocycles. The lowest BCUT2D eigenvalue weighted by Gasteiger charge is -2.15. The van der Waals surface area contributed by atoms with Gasteiger partial charge >= 0.3 is 0 Å². The molecule has 0 fully saturated rings. The van der Waals surface area contributed by atoms with E-state index in [1.54, 1.807) is 0 Å². The number of benzene rings is 1. The minimum Gasteiger partial charge on any atom is -0.454 e. The van der Waals surface area contributed by atoms with Crippen LogP contribution in [0.25, 0.3) is 0 Å². The molecule has 0 bridgehead atoms. The average molecular weight is 223 g/mol. The zero-order valence-electron chi connectivity index (χ0n) is 9.60. The minimum absolute atomic E-state index is 0.128. The van der Waals surface area contributed by atoms with E-state index in [4.69, 9.17) is 19.9 Å². The summed E-state index contributed by atoms with van der Waals surface area (Å²) in [5.74, 6) is 1.54. The smallest absolute Gasteiger partial charge is 0.231 e. The van der Waals surface area contributed by atoms with Gasteiger partial charge in [-0.15, -0.1) is 0 Å². The largest absolute Gasteiger partial charge is 0.454 e. The summed E-state index contributed by atoms with van der Waals surface area (Å²) in [6, 6.07) is 5.61. The van der Waals surface area contributed by atoms with E-state index in [-0.39, 0.29) is 18.9 Å². The summed E-state index contributed by atoms with van der Waals surface area (Å²) in [5, 5.41) is 0. The molecular weight excluding hydrogens is 206 g/mol. The Morgan fingerprint density at radius 3 is 2.81 bits per heavy atom. The molecule has 16 heavy (non-hydrogen) atoms. The Balaban J connectivity index is 2.03. The maximum atomic E-state index is 6.02. The van der Waals surface area contributed by atoms with E-state index >= 15 is 0 Å². The number of ether oxygens (including phenoxy) is 3. The fourth-order valence-electron chi connectivity index (χ4n) is 1.54. The Bertz CT molecular complexity index is 365. The van der Waals surface area contributed by atoms with Crippen molar-refractivity contribution >= 4 is 0 Å². The highest BCUT2D eigenvalue weighted by Gasteiger charge is 2.16. The van der Waals surface area contributed by atoms with Crippen molar-refractivity contribution in [1.29, 1.82) is 0 Å². The van der Waals surface area contributed by atoms with Crippen LogP contribution < -0.4 is 15.2 Å². The third kappa shape index (κ3) is 2.46. The first kappa shape index (κ1) is 11.2. The molecule has 1 aromatic rings. The van der Waals surface area contributed by atoms with Crippen LogP contribution in [0.2, 0.25) is 0 Å². The highest BCUT2D eigenvalue weighted by Crippen LogP contribution is 2.33. The van der Waals surface area contributed by atoms with Crippen LogP contribution in [0.1, 0.15) is 25.5 Å². The Morgan fingerprint density at radius 2 is 2.06 bits per heavy atom. The molecule has 4 nitrogen and oxygen atoms in total. The average Bonchev–Trinajstić information content (AvgIpc) is 2.72. The SMILES string of the molecule is CC(C)OCC(N)c1ccc2c(c1)OCO2. The zero-order chi connectivity index (χ0) is 11.5. The Labute approximate surface area is 95.3 Å². The third-order valence-electron chi connectivity index (χ3n) is 2.43. The molecule has 0 saturated heterocycles. The first-order valence-electron chi connectivity index (χ1n) is 5.43. The summed E-state index contributed by atoms with van der Waals surface area (Å²) < 4.78 is 16.0. The fraction of sp³-hybridized carbons (Fsp3) is 0.500. The molecule has 0 aromatic heterocycles. The van der Waals surface area contributed by atoms with Gasteiger partial charge in [0.1, 0.15) is 0 Å². The molecule has 88 valence electrons. The van der Waals surface area contributed by atoms with E-state index < -0.39 is 0 Å². The highest BCUT2D eigenvalue weighted by atomic mass is 16.7. The molecule has 4 heteroatoms. The topological polar surface area (TPSA) is 53.7 Å². The van der Waals surface area contributed by atoms with Gasteiger partial charge in [-0.05, 0) is 31.5 Å². The molecule has 0 saturated carbocycles. The van der Waals surface area contributed by atoms with Crippen molar-refractivity contribution in [1.82, 2.24) is 0 Å². The molecule has 1 unspecified atom stereocenters. The van der Waals surface area contributed by atoms with Gasteiger partial charge in [0.25, 0.3) is 0 Å². The molecule has 1 aromatic carbocycles. The Morgan fingerprint density at radius 1 is 1.31 bits per heavy atom. The van der Waals surface area contributed by atoms with Gasteiger partial charge in [0.05, 0.1) is 18.8 Å². The van der Waals surface area contributed by atoms with Crippen LogP contribution in [0.5, 0.6) is 11.5 Å². The van der Waals surface area contributed by atoms with Gasteiger partial charge in [0, 0.05) is 0 Å². The first-order valence-corrected chi connectivity index (χ1v) is 5.43. The Hall–Kier alpha value is -1.26. The van der Waals surface area contributed by atoms with E-state index in [9.17, 15) is 0 Å². The lowest BCUT2D eigenvalue weighted by Crippen LogP contribution is -2.19. The van der Waals surface area contributed by atoms with Crippen molar-refractivity contribution in [3.63, 3.8) is 0 Å². The molecule has 1 aliphatic rings. The maximum Gasteiger partial charge on any atom is 0.231 e. The molecule has 0 amide bonds. The summed E-state index contributed by atoms with van der Waals surface area (Å²) in [6.07, 6.45) is 0.195. The molecule has 2 rings (SSSR count). The van der Waals surface area contributed by atoms with Crippen molar-refractivity contribution in [3.05, 3.63) is 23.8 Å². The van der Waals surface area contributed by atoms with Crippen LogP contribution in [0.4, 0.5) is 0 Å². The number of rotatable bonds is 4. The predicted octanol–water partition coefficient (Wildman–Crippen LogP) is 1.84. The van der Waals surface area contributed by atoms with Crippen LogP contribution in [0.3, 0.4) is 0 Å². The summed E-state index contributed by atoms with van der Waals surface area (Å²) in [7, 11) is 0. The fourth-order valence-corrected chi connectivity index (χ4v) is 1.54. The van der Waals surface area contributed by atoms with E-state index in [1.165, 1.54) is 0 Å². The molecule has 1 heterocycles. The van der Waals surface area contributed by atoms with E-state index in [0.29, 0.717) is 6.61 Å². The molecule has 1 atom stereocenters. The third-order valence-corrected chi connectivity index (χ3v) is 2.43. The van der Waals surface area contributed by atoms with Crippen molar-refractivity contribution < 1.29 is 14.2 Å². The van der Waals surface area contributed by atoms with Crippen LogP contribution in [0, 0.1) is 0 Å². The lowest BCUT2D eigenvalue weighted by molar-refractivity contribution is 0.0683. The summed E-state index contributed by atoms with van der Waals surface area (Å²) in [6.45, 7) is 4.78. The van der Waals surface area contributed by atoms with Gasteiger partial charge in [0.15, 0.2) is 11.5 Å². The number of nitrogens with two attached hydrogens (primary N) is 1. The van der Waals surface area contributed by atoms with Gasteiger partial charge in [-0.25, -0.2) is 0 Å². The minimum atomic E-state index is -0.128. The maximum absolute atomic E-state index is 6.02. The second-order valence-corrected chi connectivity index (χ2v) is 4.10. The van der Waals surface area contributed by atoms with Crippen molar-refractivity contribution in [2.24, 2.45) is 5.73 Å². The van der Waals surface area contributed by atoms with E-state index in [2.05, 4.69) is 0 Å². The van der Waals surface area contributed by atoms with Crippen LogP contribution in [0.15, 0.2) is 18.2 Å². The molecule has 2 N–H and O–H groups in total. The number of hydrogen-bond acceptors (Lipinski definition) is 4. The van der Waals surface area contributed by atoms with Crippen LogP contribution in [-0.2, 0) is 4.74 Å². The van der Waals surface area contributed by atoms with Gasteiger partial charge in [-0.1, -0.05) is 6.07 Å². The Kier molecular flexibility index (Phi) is 3.31. The number of hydrogen-bond donors (Lipinski definition) is 1. The quantitative estimate of drug-likeness (QED) is 0.846. The van der Waals surface area contributed by atoms with E-state index in [1.807, 2.05) is 32.0 Å². The van der Waals surface area contributed by atoms with Crippen molar-refractivity contribution in [3.8, 4) is 11.5 Å². The highest BCUT2D eigenvalue weighted by molar-refractivity contribution is 5.45. The lowest BCUT2D eigenvalue weighted by atomic mass is 10.1. The van der Waals surface area contributed by atoms with Crippen LogP contribution >= 0.6 is 0 Å². The monoisotopic (exact) mass is 223 g/mol. The molecule has 0 radical (unpaired) electrons. The summed E-state index contributed by atoms with van der Waals surface area (Å²) in [5.41, 5.74) is 7.02. The van der Waals surface area contributed by atoms with Gasteiger partial charge in [0.2, 0.25) is 6.79 Å². The van der Waals surface area contributed by atoms with Crippen molar-refractivity contribution in [2.75, 3.05) is 13.4 Å².